The van der Waals surface area contributed by atoms with E-state index in [-0.39, 0.29) is 28.9 Å². The van der Waals surface area contributed by atoms with Gasteiger partial charge in [0.1, 0.15) is 0 Å². The third-order valence-electron chi connectivity index (χ3n) is 8.48. The Morgan fingerprint density at radius 1 is 1.07 bits per heavy atom. The first kappa shape index (κ1) is 22.6. The van der Waals surface area contributed by atoms with Crippen LogP contribution in [-0.2, 0) is 14.6 Å². The molecular weight excluding hydrogens is 372 g/mol. The molecule has 1 saturated heterocycles. The van der Waals surface area contributed by atoms with E-state index in [1.54, 1.807) is 7.11 Å². The maximum Gasteiger partial charge on any atom is 0.154 e. The Morgan fingerprint density at radius 2 is 1.79 bits per heavy atom. The van der Waals surface area contributed by atoms with Crippen LogP contribution in [0, 0.1) is 23.2 Å². The first-order valence-corrected chi connectivity index (χ1v) is 13.5. The summed E-state index contributed by atoms with van der Waals surface area (Å²) in [5.74, 6) is 0.807. The van der Waals surface area contributed by atoms with Crippen molar-refractivity contribution < 1.29 is 18.3 Å². The van der Waals surface area contributed by atoms with E-state index in [1.807, 2.05) is 0 Å². The van der Waals surface area contributed by atoms with Gasteiger partial charge in [0.15, 0.2) is 9.84 Å². The van der Waals surface area contributed by atoms with Crippen LogP contribution >= 0.6 is 0 Å². The molecule has 4 unspecified atom stereocenters. The molecule has 0 aromatic rings. The highest BCUT2D eigenvalue weighted by Gasteiger charge is 2.56. The lowest BCUT2D eigenvalue weighted by Gasteiger charge is -2.46. The van der Waals surface area contributed by atoms with Crippen LogP contribution in [0.5, 0.6) is 0 Å². The lowest BCUT2D eigenvalue weighted by atomic mass is 9.61. The van der Waals surface area contributed by atoms with Crippen molar-refractivity contribution in [1.29, 1.82) is 0 Å². The van der Waals surface area contributed by atoms with Crippen molar-refractivity contribution in [3.05, 3.63) is 0 Å². The molecule has 6 atom stereocenters. The van der Waals surface area contributed by atoms with E-state index in [1.165, 1.54) is 19.3 Å². The number of fused-ring (bicyclic) bond motifs is 1. The second kappa shape index (κ2) is 9.34. The standard InChI is InChI=1S/C23H42O4S/c1-4-6-14-23(5-2)16-28(25,26)20-13-12-18(27-3)15-19(20)21(22(23)24)17-10-8-7-9-11-17/h17-22,24H,4-16H2,1-3H3/t18?,19?,20?,21-,22?,23+/m0/s1. The maximum absolute atomic E-state index is 13.6. The molecule has 2 saturated carbocycles. The molecule has 0 bridgehead atoms. The van der Waals surface area contributed by atoms with Gasteiger partial charge in [-0.25, -0.2) is 8.42 Å². The number of hydrogen-bond acceptors (Lipinski definition) is 4. The molecule has 1 N–H and O–H groups in total. The molecule has 3 rings (SSSR count). The first-order valence-electron chi connectivity index (χ1n) is 11.8. The van der Waals surface area contributed by atoms with Gasteiger partial charge < -0.3 is 9.84 Å². The van der Waals surface area contributed by atoms with Crippen molar-refractivity contribution in [2.75, 3.05) is 12.9 Å². The second-order valence-corrected chi connectivity index (χ2v) is 12.1. The zero-order chi connectivity index (χ0) is 20.4. The smallest absolute Gasteiger partial charge is 0.154 e. The van der Waals surface area contributed by atoms with Crippen molar-refractivity contribution in [3.63, 3.8) is 0 Å². The summed E-state index contributed by atoms with van der Waals surface area (Å²) in [4.78, 5) is 0. The van der Waals surface area contributed by atoms with Gasteiger partial charge in [0.25, 0.3) is 0 Å². The summed E-state index contributed by atoms with van der Waals surface area (Å²) in [6.07, 6.45) is 11.6. The molecule has 0 radical (unpaired) electrons. The highest BCUT2D eigenvalue weighted by Crippen LogP contribution is 2.53. The minimum absolute atomic E-state index is 0.0526. The molecule has 0 aromatic heterocycles. The van der Waals surface area contributed by atoms with Gasteiger partial charge in [0.2, 0.25) is 0 Å². The van der Waals surface area contributed by atoms with Gasteiger partial charge in [-0.05, 0) is 49.9 Å². The SMILES string of the molecule is CCCC[C@]1(CC)CS(=O)(=O)C2CCC(OC)CC2[C@H](C2CCCCC2)C1O. The predicted molar refractivity (Wildman–Crippen MR) is 114 cm³/mol. The van der Waals surface area contributed by atoms with Crippen LogP contribution < -0.4 is 0 Å². The van der Waals surface area contributed by atoms with Crippen molar-refractivity contribution in [2.45, 2.75) is 108 Å². The van der Waals surface area contributed by atoms with Crippen LogP contribution in [0.2, 0.25) is 0 Å². The molecule has 1 aliphatic heterocycles. The molecule has 164 valence electrons. The number of aliphatic hydroxyl groups is 1. The molecule has 2 aliphatic carbocycles. The second-order valence-electron chi connectivity index (χ2n) is 9.92. The van der Waals surface area contributed by atoms with Gasteiger partial charge in [0.05, 0.1) is 23.2 Å². The van der Waals surface area contributed by atoms with Crippen LogP contribution in [0.3, 0.4) is 0 Å². The van der Waals surface area contributed by atoms with Crippen LogP contribution in [0.1, 0.15) is 90.9 Å². The average molecular weight is 415 g/mol. The summed E-state index contributed by atoms with van der Waals surface area (Å²) < 4.78 is 32.9. The summed E-state index contributed by atoms with van der Waals surface area (Å²) in [5, 5.41) is 11.6. The molecule has 0 aromatic carbocycles. The molecule has 0 spiro atoms. The van der Waals surface area contributed by atoms with E-state index >= 15 is 0 Å². The molecule has 3 fully saturated rings. The highest BCUT2D eigenvalue weighted by atomic mass is 32.2. The van der Waals surface area contributed by atoms with Crippen LogP contribution in [0.15, 0.2) is 0 Å². The average Bonchev–Trinajstić information content (AvgIpc) is 2.78. The van der Waals surface area contributed by atoms with Gasteiger partial charge in [-0.15, -0.1) is 0 Å². The Hall–Kier alpha value is -0.130. The third kappa shape index (κ3) is 4.32. The number of aliphatic hydroxyl groups excluding tert-OH is 1. The zero-order valence-electron chi connectivity index (χ0n) is 18.2. The number of sulfone groups is 1. The summed E-state index contributed by atoms with van der Waals surface area (Å²) in [5.41, 5.74) is -0.475. The molecule has 0 amide bonds. The Morgan fingerprint density at radius 3 is 2.39 bits per heavy atom. The molecule has 5 heteroatoms. The fourth-order valence-corrected chi connectivity index (χ4v) is 9.66. The van der Waals surface area contributed by atoms with E-state index in [9.17, 15) is 13.5 Å². The number of ether oxygens (including phenoxy) is 1. The zero-order valence-corrected chi connectivity index (χ0v) is 19.1. The molecule has 28 heavy (non-hydrogen) atoms. The maximum atomic E-state index is 13.6. The molecular formula is C23H42O4S. The largest absolute Gasteiger partial charge is 0.392 e. The Balaban J connectivity index is 2.04. The Kier molecular flexibility index (Phi) is 7.53. The Labute approximate surface area is 172 Å². The van der Waals surface area contributed by atoms with E-state index in [0.29, 0.717) is 12.3 Å². The van der Waals surface area contributed by atoms with E-state index < -0.39 is 21.4 Å². The normalized spacial score (nSPS) is 41.9. The minimum Gasteiger partial charge on any atom is -0.392 e. The number of hydrogen-bond donors (Lipinski definition) is 1. The Bertz CT molecular complexity index is 598. The number of rotatable bonds is 6. The topological polar surface area (TPSA) is 63.6 Å². The molecule has 3 aliphatic rings. The van der Waals surface area contributed by atoms with Crippen LogP contribution in [0.25, 0.3) is 0 Å². The van der Waals surface area contributed by atoms with E-state index in [2.05, 4.69) is 13.8 Å². The van der Waals surface area contributed by atoms with Crippen molar-refractivity contribution in [3.8, 4) is 0 Å². The fourth-order valence-electron chi connectivity index (χ4n) is 6.80. The lowest BCUT2D eigenvalue weighted by molar-refractivity contribution is -0.0751. The van der Waals surface area contributed by atoms with E-state index in [4.69, 9.17) is 4.74 Å². The molecule has 4 nitrogen and oxygen atoms in total. The summed E-state index contributed by atoms with van der Waals surface area (Å²) >= 11 is 0. The molecule has 1 heterocycles. The lowest BCUT2D eigenvalue weighted by Crippen LogP contribution is -2.48. The van der Waals surface area contributed by atoms with Crippen LogP contribution in [0.4, 0.5) is 0 Å². The number of unbranched alkanes of at least 4 members (excludes halogenated alkanes) is 1. The summed E-state index contributed by atoms with van der Waals surface area (Å²) in [7, 11) is -1.47. The highest BCUT2D eigenvalue weighted by molar-refractivity contribution is 7.92. The quantitative estimate of drug-likeness (QED) is 0.682. The predicted octanol–water partition coefficient (Wildman–Crippen LogP) is 4.74. The summed E-state index contributed by atoms with van der Waals surface area (Å²) in [6.45, 7) is 4.25. The van der Waals surface area contributed by atoms with Gasteiger partial charge in [-0.2, -0.15) is 0 Å². The van der Waals surface area contributed by atoms with Crippen molar-refractivity contribution in [2.24, 2.45) is 23.2 Å². The van der Waals surface area contributed by atoms with Gasteiger partial charge in [-0.1, -0.05) is 58.8 Å². The number of methoxy groups -OCH3 is 1. The van der Waals surface area contributed by atoms with Gasteiger partial charge >= 0.3 is 0 Å². The minimum atomic E-state index is -3.22. The fraction of sp³-hybridized carbons (Fsp3) is 1.00. The van der Waals surface area contributed by atoms with Gasteiger partial charge in [-0.3, -0.25) is 0 Å². The monoisotopic (exact) mass is 414 g/mol. The van der Waals surface area contributed by atoms with Crippen molar-refractivity contribution >= 4 is 9.84 Å². The van der Waals surface area contributed by atoms with Crippen LogP contribution in [-0.4, -0.2) is 43.8 Å². The van der Waals surface area contributed by atoms with E-state index in [0.717, 1.165) is 51.4 Å². The third-order valence-corrected chi connectivity index (χ3v) is 11.0. The van der Waals surface area contributed by atoms with Gasteiger partial charge in [0, 0.05) is 12.5 Å². The van der Waals surface area contributed by atoms with Crippen molar-refractivity contribution in [1.82, 2.24) is 0 Å². The summed E-state index contributed by atoms with van der Waals surface area (Å²) in [6, 6.07) is 0. The first-order chi connectivity index (χ1) is 13.4.